The van der Waals surface area contributed by atoms with Crippen LogP contribution in [0.25, 0.3) is 0 Å². The molecule has 0 radical (unpaired) electrons. The Morgan fingerprint density at radius 1 is 1.56 bits per heavy atom. The van der Waals surface area contributed by atoms with Gasteiger partial charge in [-0.15, -0.1) is 0 Å². The van der Waals surface area contributed by atoms with Crippen molar-refractivity contribution in [3.05, 3.63) is 29.6 Å². The highest BCUT2D eigenvalue weighted by Gasteiger charge is 2.17. The minimum Gasteiger partial charge on any atom is -0.373 e. The summed E-state index contributed by atoms with van der Waals surface area (Å²) in [5, 5.41) is 12.4. The van der Waals surface area contributed by atoms with E-state index >= 15 is 0 Å². The Morgan fingerprint density at radius 3 is 3.06 bits per heavy atom. The Kier molecular flexibility index (Phi) is 4.16. The highest BCUT2D eigenvalue weighted by atomic mass is 19.1. The van der Waals surface area contributed by atoms with Gasteiger partial charge >= 0.3 is 0 Å². The number of anilines is 1. The topological polar surface area (TPSA) is 39.1 Å². The summed E-state index contributed by atoms with van der Waals surface area (Å²) in [6, 6.07) is 6.74. The fraction of sp³-hybridized carbons (Fsp3) is 0.500. The summed E-state index contributed by atoms with van der Waals surface area (Å²) >= 11 is 0. The van der Waals surface area contributed by atoms with Gasteiger partial charge in [0.1, 0.15) is 17.4 Å². The van der Waals surface area contributed by atoms with Gasteiger partial charge in [-0.05, 0) is 44.0 Å². The highest BCUT2D eigenvalue weighted by molar-refractivity contribution is 5.59. The molecule has 1 unspecified atom stereocenters. The first-order valence-electron chi connectivity index (χ1n) is 6.33. The van der Waals surface area contributed by atoms with Gasteiger partial charge in [0.2, 0.25) is 0 Å². The minimum absolute atomic E-state index is 0.142. The van der Waals surface area contributed by atoms with Gasteiger partial charge in [0.15, 0.2) is 0 Å². The van der Waals surface area contributed by atoms with E-state index in [4.69, 9.17) is 5.26 Å². The van der Waals surface area contributed by atoms with Crippen LogP contribution in [0.2, 0.25) is 0 Å². The summed E-state index contributed by atoms with van der Waals surface area (Å²) < 4.78 is 13.5. The van der Waals surface area contributed by atoms with Crippen LogP contribution in [0.4, 0.5) is 10.1 Å². The average Bonchev–Trinajstić information content (AvgIpc) is 2.39. The zero-order valence-corrected chi connectivity index (χ0v) is 10.6. The maximum absolute atomic E-state index is 13.5. The Hall–Kier alpha value is -1.60. The van der Waals surface area contributed by atoms with Crippen LogP contribution >= 0.6 is 0 Å². The second-order valence-electron chi connectivity index (χ2n) is 4.84. The van der Waals surface area contributed by atoms with Gasteiger partial charge in [-0.3, -0.25) is 0 Å². The summed E-state index contributed by atoms with van der Waals surface area (Å²) in [6.07, 6.45) is 2.38. The van der Waals surface area contributed by atoms with Crippen molar-refractivity contribution >= 4 is 5.69 Å². The second kappa shape index (κ2) is 5.83. The standard InChI is InChI=1S/C14H18FN3/c1-18(10-11-4-3-7-17-9-11)14-6-2-5-13(15)12(14)8-16/h2,5-6,11,17H,3-4,7,9-10H2,1H3. The minimum atomic E-state index is -0.441. The lowest BCUT2D eigenvalue weighted by atomic mass is 9.99. The van der Waals surface area contributed by atoms with Crippen molar-refractivity contribution in [2.45, 2.75) is 12.8 Å². The van der Waals surface area contributed by atoms with Crippen LogP contribution in [-0.4, -0.2) is 26.7 Å². The molecule has 1 aromatic carbocycles. The van der Waals surface area contributed by atoms with Crippen molar-refractivity contribution in [1.29, 1.82) is 5.26 Å². The van der Waals surface area contributed by atoms with Crippen LogP contribution in [0.1, 0.15) is 18.4 Å². The number of piperidine rings is 1. The van der Waals surface area contributed by atoms with E-state index in [1.807, 2.05) is 18.0 Å². The largest absolute Gasteiger partial charge is 0.373 e. The van der Waals surface area contributed by atoms with E-state index in [0.717, 1.165) is 19.6 Å². The third kappa shape index (κ3) is 2.80. The molecule has 0 aliphatic carbocycles. The Labute approximate surface area is 107 Å². The Morgan fingerprint density at radius 2 is 2.39 bits per heavy atom. The Balaban J connectivity index is 2.11. The molecule has 4 heteroatoms. The lowest BCUT2D eigenvalue weighted by Crippen LogP contribution is -2.37. The summed E-state index contributed by atoms with van der Waals surface area (Å²) in [4.78, 5) is 1.99. The second-order valence-corrected chi connectivity index (χ2v) is 4.84. The monoisotopic (exact) mass is 247 g/mol. The van der Waals surface area contributed by atoms with Crippen LogP contribution < -0.4 is 10.2 Å². The van der Waals surface area contributed by atoms with Crippen LogP contribution in [0.5, 0.6) is 0 Å². The predicted molar refractivity (Wildman–Crippen MR) is 70.0 cm³/mol. The van der Waals surface area contributed by atoms with Crippen molar-refractivity contribution in [2.75, 3.05) is 31.6 Å². The number of nitrogens with zero attached hydrogens (tertiary/aromatic N) is 2. The van der Waals surface area contributed by atoms with E-state index in [-0.39, 0.29) is 5.56 Å². The maximum Gasteiger partial charge on any atom is 0.143 e. The molecule has 1 fully saturated rings. The van der Waals surface area contributed by atoms with Crippen molar-refractivity contribution in [3.8, 4) is 6.07 Å². The SMILES string of the molecule is CN(CC1CCCNC1)c1cccc(F)c1C#N. The number of halogens is 1. The quantitative estimate of drug-likeness (QED) is 0.889. The molecule has 96 valence electrons. The molecule has 3 nitrogen and oxygen atoms in total. The molecular weight excluding hydrogens is 229 g/mol. The first-order chi connectivity index (χ1) is 8.72. The van der Waals surface area contributed by atoms with E-state index in [9.17, 15) is 4.39 Å². The number of benzene rings is 1. The van der Waals surface area contributed by atoms with Crippen LogP contribution in [0.3, 0.4) is 0 Å². The van der Waals surface area contributed by atoms with E-state index < -0.39 is 5.82 Å². The fourth-order valence-electron chi connectivity index (χ4n) is 2.51. The number of rotatable bonds is 3. The molecule has 1 aromatic rings. The molecule has 0 spiro atoms. The van der Waals surface area contributed by atoms with Crippen LogP contribution in [0.15, 0.2) is 18.2 Å². The average molecular weight is 247 g/mol. The van der Waals surface area contributed by atoms with Crippen molar-refractivity contribution < 1.29 is 4.39 Å². The zero-order chi connectivity index (χ0) is 13.0. The molecule has 1 aliphatic heterocycles. The first kappa shape index (κ1) is 12.8. The smallest absolute Gasteiger partial charge is 0.143 e. The van der Waals surface area contributed by atoms with Gasteiger partial charge in [0, 0.05) is 13.6 Å². The third-order valence-corrected chi connectivity index (χ3v) is 3.45. The molecule has 0 aromatic heterocycles. The molecule has 1 atom stereocenters. The van der Waals surface area contributed by atoms with Gasteiger partial charge in [0.05, 0.1) is 5.69 Å². The number of nitrogens with one attached hydrogen (secondary N) is 1. The van der Waals surface area contributed by atoms with Gasteiger partial charge in [-0.2, -0.15) is 5.26 Å². The number of nitriles is 1. The molecule has 2 rings (SSSR count). The van der Waals surface area contributed by atoms with E-state index in [1.165, 1.54) is 18.9 Å². The highest BCUT2D eigenvalue weighted by Crippen LogP contribution is 2.23. The lowest BCUT2D eigenvalue weighted by molar-refractivity contribution is 0.381. The molecular formula is C14H18FN3. The van der Waals surface area contributed by atoms with E-state index in [2.05, 4.69) is 5.32 Å². The van der Waals surface area contributed by atoms with Crippen LogP contribution in [0, 0.1) is 23.1 Å². The van der Waals surface area contributed by atoms with E-state index in [0.29, 0.717) is 11.6 Å². The van der Waals surface area contributed by atoms with Gasteiger partial charge in [0.25, 0.3) is 0 Å². The molecule has 1 saturated heterocycles. The first-order valence-corrected chi connectivity index (χ1v) is 6.33. The van der Waals surface area contributed by atoms with Crippen LogP contribution in [-0.2, 0) is 0 Å². The summed E-state index contributed by atoms with van der Waals surface area (Å²) in [7, 11) is 1.92. The molecule has 1 heterocycles. The summed E-state index contributed by atoms with van der Waals surface area (Å²) in [5.74, 6) is 0.127. The zero-order valence-electron chi connectivity index (χ0n) is 10.6. The number of hydrogen-bond acceptors (Lipinski definition) is 3. The van der Waals surface area contributed by atoms with E-state index in [1.54, 1.807) is 12.1 Å². The number of hydrogen-bond donors (Lipinski definition) is 1. The van der Waals surface area contributed by atoms with Gasteiger partial charge in [-0.25, -0.2) is 4.39 Å². The van der Waals surface area contributed by atoms with Crippen molar-refractivity contribution in [3.63, 3.8) is 0 Å². The predicted octanol–water partition coefficient (Wildman–Crippen LogP) is 2.13. The Bertz CT molecular complexity index is 447. The van der Waals surface area contributed by atoms with Crippen molar-refractivity contribution in [2.24, 2.45) is 5.92 Å². The van der Waals surface area contributed by atoms with Gasteiger partial charge < -0.3 is 10.2 Å². The van der Waals surface area contributed by atoms with Crippen molar-refractivity contribution in [1.82, 2.24) is 5.32 Å². The molecule has 0 bridgehead atoms. The van der Waals surface area contributed by atoms with Gasteiger partial charge in [-0.1, -0.05) is 6.07 Å². The molecule has 0 saturated carbocycles. The lowest BCUT2D eigenvalue weighted by Gasteiger charge is -2.29. The third-order valence-electron chi connectivity index (χ3n) is 3.45. The molecule has 18 heavy (non-hydrogen) atoms. The summed E-state index contributed by atoms with van der Waals surface area (Å²) in [5.41, 5.74) is 0.826. The summed E-state index contributed by atoms with van der Waals surface area (Å²) in [6.45, 7) is 2.94. The normalized spacial score (nSPS) is 19.3. The molecule has 1 aliphatic rings. The molecule has 0 amide bonds. The molecule has 1 N–H and O–H groups in total. The maximum atomic E-state index is 13.5. The fourth-order valence-corrected chi connectivity index (χ4v) is 2.51.